The Hall–Kier alpha value is -3.41. The van der Waals surface area contributed by atoms with Gasteiger partial charge < -0.3 is 19.9 Å². The number of nitro groups is 1. The molecule has 0 radical (unpaired) electrons. The van der Waals surface area contributed by atoms with Crippen LogP contribution >= 0.6 is 0 Å². The Morgan fingerprint density at radius 3 is 2.21 bits per heavy atom. The van der Waals surface area contributed by atoms with Crippen molar-refractivity contribution in [1.29, 1.82) is 0 Å². The maximum absolute atomic E-state index is 13.8. The first kappa shape index (κ1) is 25.8. The minimum Gasteiger partial charge on any atom is -0.460 e. The lowest BCUT2D eigenvalue weighted by molar-refractivity contribution is -0.572. The quantitative estimate of drug-likeness (QED) is 0.268. The molecule has 12 heteroatoms. The summed E-state index contributed by atoms with van der Waals surface area (Å²) < 4.78 is 51.5. The number of dihydropyridines is 1. The summed E-state index contributed by atoms with van der Waals surface area (Å²) in [6.45, 7) is 4.90. The summed E-state index contributed by atoms with van der Waals surface area (Å²) in [5.41, 5.74) is -1.85. The van der Waals surface area contributed by atoms with Crippen molar-refractivity contribution in [1.82, 2.24) is 5.32 Å². The van der Waals surface area contributed by atoms with Crippen molar-refractivity contribution in [3.63, 3.8) is 0 Å². The first-order valence-corrected chi connectivity index (χ1v) is 9.80. The van der Waals surface area contributed by atoms with E-state index in [0.717, 1.165) is 18.2 Å². The zero-order chi connectivity index (χ0) is 25.1. The predicted molar refractivity (Wildman–Crippen MR) is 108 cm³/mol. The number of nitrogens with zero attached hydrogens (tertiary/aromatic N) is 1. The maximum atomic E-state index is 13.8. The van der Waals surface area contributed by atoms with E-state index in [-0.39, 0.29) is 22.5 Å². The molecule has 1 aliphatic rings. The Morgan fingerprint density at radius 1 is 1.15 bits per heavy atom. The van der Waals surface area contributed by atoms with Gasteiger partial charge in [-0.15, -0.1) is 0 Å². The van der Waals surface area contributed by atoms with Gasteiger partial charge in [0, 0.05) is 11.4 Å². The van der Waals surface area contributed by atoms with Crippen molar-refractivity contribution in [2.75, 3.05) is 6.61 Å². The van der Waals surface area contributed by atoms with Crippen molar-refractivity contribution >= 4 is 11.9 Å². The largest absolute Gasteiger partial charge is 0.460 e. The lowest BCUT2D eigenvalue weighted by Crippen LogP contribution is -2.35. The number of carbonyl (C=O) groups is 2. The summed E-state index contributed by atoms with van der Waals surface area (Å²) in [7, 11) is 0. The molecule has 1 aromatic carbocycles. The van der Waals surface area contributed by atoms with Crippen LogP contribution in [0.1, 0.15) is 44.7 Å². The number of aliphatic hydroxyl groups excluding tert-OH is 1. The SMILES string of the molecule is CC1=C(C(=O)OCC(O)[N+](=O)[O-])C(c2ccccc2C(F)(F)F)C(C(=O)OC(C)C)=C(C)N1. The van der Waals surface area contributed by atoms with Crippen molar-refractivity contribution < 1.29 is 42.3 Å². The van der Waals surface area contributed by atoms with Gasteiger partial charge in [0.2, 0.25) is 0 Å². The fraction of sp³-hybridized carbons (Fsp3) is 0.429. The van der Waals surface area contributed by atoms with Gasteiger partial charge in [0.1, 0.15) is 0 Å². The third kappa shape index (κ3) is 5.89. The molecule has 2 rings (SSSR count). The molecule has 0 aliphatic carbocycles. The molecule has 2 unspecified atom stereocenters. The van der Waals surface area contributed by atoms with E-state index in [4.69, 9.17) is 9.47 Å². The summed E-state index contributed by atoms with van der Waals surface area (Å²) in [6, 6.07) is 4.42. The number of allylic oxidation sites excluding steroid dienone is 2. The van der Waals surface area contributed by atoms with Crippen LogP contribution in [0.4, 0.5) is 13.2 Å². The summed E-state index contributed by atoms with van der Waals surface area (Å²) in [4.78, 5) is 35.3. The maximum Gasteiger partial charge on any atom is 0.416 e. The molecule has 0 amide bonds. The van der Waals surface area contributed by atoms with Crippen LogP contribution in [0.2, 0.25) is 0 Å². The van der Waals surface area contributed by atoms with Crippen LogP contribution in [-0.4, -0.2) is 40.9 Å². The Bertz CT molecular complexity index is 1020. The first-order chi connectivity index (χ1) is 15.3. The van der Waals surface area contributed by atoms with Gasteiger partial charge in [0.25, 0.3) is 0 Å². The minimum absolute atomic E-state index is 0.0798. The van der Waals surface area contributed by atoms with Crippen LogP contribution in [0.15, 0.2) is 46.8 Å². The van der Waals surface area contributed by atoms with E-state index in [9.17, 15) is 38.0 Å². The highest BCUT2D eigenvalue weighted by atomic mass is 19.4. The summed E-state index contributed by atoms with van der Waals surface area (Å²) in [6.07, 6.45) is -7.64. The van der Waals surface area contributed by atoms with E-state index in [0.29, 0.717) is 0 Å². The summed E-state index contributed by atoms with van der Waals surface area (Å²) >= 11 is 0. The number of alkyl halides is 3. The van der Waals surface area contributed by atoms with E-state index in [1.165, 1.54) is 19.9 Å². The third-order valence-electron chi connectivity index (χ3n) is 4.73. The van der Waals surface area contributed by atoms with E-state index in [1.54, 1.807) is 13.8 Å². The molecule has 33 heavy (non-hydrogen) atoms. The van der Waals surface area contributed by atoms with E-state index >= 15 is 0 Å². The standard InChI is InChI=1S/C21H23F3N2O7/c1-10(2)33-20(29)17-12(4)25-11(3)16(19(28)32-9-15(27)26(30)31)18(17)13-7-5-6-8-14(13)21(22,23)24/h5-8,10,15,18,25,27H,9H2,1-4H3. The van der Waals surface area contributed by atoms with Gasteiger partial charge >= 0.3 is 24.3 Å². The van der Waals surface area contributed by atoms with E-state index in [1.807, 2.05) is 0 Å². The van der Waals surface area contributed by atoms with Crippen LogP contribution < -0.4 is 5.32 Å². The van der Waals surface area contributed by atoms with Crippen LogP contribution in [-0.2, 0) is 25.2 Å². The van der Waals surface area contributed by atoms with Crippen molar-refractivity contribution in [3.8, 4) is 0 Å². The van der Waals surface area contributed by atoms with Gasteiger partial charge in [-0.3, -0.25) is 10.1 Å². The Morgan fingerprint density at radius 2 is 1.70 bits per heavy atom. The number of carbonyl (C=O) groups excluding carboxylic acids is 2. The highest BCUT2D eigenvalue weighted by molar-refractivity contribution is 6.00. The Balaban J connectivity index is 2.68. The molecule has 9 nitrogen and oxygen atoms in total. The number of ether oxygens (including phenoxy) is 2. The number of nitrogens with one attached hydrogen (secondary N) is 1. The average molecular weight is 472 g/mol. The molecule has 0 spiro atoms. The van der Waals surface area contributed by atoms with Crippen molar-refractivity contribution in [2.45, 2.75) is 52.1 Å². The highest BCUT2D eigenvalue weighted by Gasteiger charge is 2.43. The zero-order valence-corrected chi connectivity index (χ0v) is 18.2. The predicted octanol–water partition coefficient (Wildman–Crippen LogP) is 3.03. The Kier molecular flexibility index (Phi) is 7.85. The number of esters is 2. The second-order valence-corrected chi connectivity index (χ2v) is 7.54. The molecule has 1 heterocycles. The number of rotatable bonds is 7. The number of aliphatic hydroxyl groups is 1. The number of hydrogen-bond acceptors (Lipinski definition) is 8. The van der Waals surface area contributed by atoms with Gasteiger partial charge in [0.05, 0.1) is 33.7 Å². The van der Waals surface area contributed by atoms with Gasteiger partial charge in [-0.25, -0.2) is 9.59 Å². The fourth-order valence-corrected chi connectivity index (χ4v) is 3.42. The Labute approximate surface area is 187 Å². The van der Waals surface area contributed by atoms with Gasteiger partial charge in [0.15, 0.2) is 6.61 Å². The molecule has 1 aromatic rings. The van der Waals surface area contributed by atoms with Crippen LogP contribution in [0.5, 0.6) is 0 Å². The van der Waals surface area contributed by atoms with Crippen molar-refractivity contribution in [3.05, 3.63) is 68.0 Å². The molecule has 0 saturated heterocycles. The number of hydrogen-bond donors (Lipinski definition) is 2. The lowest BCUT2D eigenvalue weighted by atomic mass is 9.78. The molecule has 0 fully saturated rings. The van der Waals surface area contributed by atoms with Crippen molar-refractivity contribution in [2.24, 2.45) is 0 Å². The molecule has 0 saturated carbocycles. The fourth-order valence-electron chi connectivity index (χ4n) is 3.42. The lowest BCUT2D eigenvalue weighted by Gasteiger charge is -2.32. The second-order valence-electron chi connectivity index (χ2n) is 7.54. The third-order valence-corrected chi connectivity index (χ3v) is 4.73. The molecular formula is C21H23F3N2O7. The van der Waals surface area contributed by atoms with Crippen LogP contribution in [0.3, 0.4) is 0 Å². The molecule has 180 valence electrons. The molecule has 2 N–H and O–H groups in total. The van der Waals surface area contributed by atoms with Crippen LogP contribution in [0.25, 0.3) is 0 Å². The normalized spacial score (nSPS) is 17.5. The van der Waals surface area contributed by atoms with E-state index in [2.05, 4.69) is 5.32 Å². The van der Waals surface area contributed by atoms with Gasteiger partial charge in [-0.1, -0.05) is 18.2 Å². The molecule has 0 aromatic heterocycles. The summed E-state index contributed by atoms with van der Waals surface area (Å²) in [5.74, 6) is -3.72. The van der Waals surface area contributed by atoms with Crippen LogP contribution in [0, 0.1) is 10.1 Å². The van der Waals surface area contributed by atoms with Gasteiger partial charge in [-0.05, 0) is 39.3 Å². The molecule has 0 bridgehead atoms. The molecular weight excluding hydrogens is 449 g/mol. The average Bonchev–Trinajstić information content (AvgIpc) is 2.69. The zero-order valence-electron chi connectivity index (χ0n) is 18.2. The topological polar surface area (TPSA) is 128 Å². The first-order valence-electron chi connectivity index (χ1n) is 9.80. The van der Waals surface area contributed by atoms with E-state index < -0.39 is 59.0 Å². The minimum atomic E-state index is -4.81. The molecule has 2 atom stereocenters. The summed E-state index contributed by atoms with van der Waals surface area (Å²) in [5, 5.41) is 22.7. The monoisotopic (exact) mass is 472 g/mol. The second kappa shape index (κ2) is 10.0. The smallest absolute Gasteiger partial charge is 0.416 e. The number of benzene rings is 1. The van der Waals surface area contributed by atoms with Gasteiger partial charge in [-0.2, -0.15) is 13.2 Å². The number of halogens is 3. The molecule has 1 aliphatic heterocycles. The highest BCUT2D eigenvalue weighted by Crippen LogP contribution is 2.44.